The van der Waals surface area contributed by atoms with Gasteiger partial charge in [-0.1, -0.05) is 24.3 Å². The van der Waals surface area contributed by atoms with Crippen molar-refractivity contribution in [3.05, 3.63) is 35.9 Å². The van der Waals surface area contributed by atoms with Crippen molar-refractivity contribution in [2.45, 2.75) is 12.8 Å². The van der Waals surface area contributed by atoms with Gasteiger partial charge in [-0.25, -0.2) is 8.42 Å². The predicted molar refractivity (Wildman–Crippen MR) is 74.9 cm³/mol. The van der Waals surface area contributed by atoms with Crippen LogP contribution in [0, 0.1) is 0 Å². The number of benzene rings is 1. The molecule has 0 amide bonds. The summed E-state index contributed by atoms with van der Waals surface area (Å²) in [4.78, 5) is 0. The molecule has 0 aromatic heterocycles. The third kappa shape index (κ3) is 2.91. The largest absolute Gasteiger partial charge is 0.330 e. The van der Waals surface area contributed by atoms with Crippen LogP contribution in [-0.4, -0.2) is 27.3 Å². The summed E-state index contributed by atoms with van der Waals surface area (Å²) >= 11 is 0. The standard InChI is InChI=1S/C13H18N2O2S/c14-8-2-1-5-12-6-3-7-13(11-12)15-9-4-10-18(15,16)17/h1,3,5-7,11H,2,4,8-10,14H2. The molecule has 0 atom stereocenters. The molecule has 2 N–H and O–H groups in total. The average Bonchev–Trinajstić information content (AvgIpc) is 2.70. The Hall–Kier alpha value is -1.33. The molecule has 4 nitrogen and oxygen atoms in total. The van der Waals surface area contributed by atoms with Crippen LogP contribution in [0.5, 0.6) is 0 Å². The van der Waals surface area contributed by atoms with Gasteiger partial charge >= 0.3 is 0 Å². The van der Waals surface area contributed by atoms with Crippen LogP contribution in [0.4, 0.5) is 5.69 Å². The molecule has 0 aliphatic carbocycles. The fraction of sp³-hybridized carbons (Fsp3) is 0.385. The molecule has 0 saturated carbocycles. The van der Waals surface area contributed by atoms with Gasteiger partial charge in [0.15, 0.2) is 0 Å². The van der Waals surface area contributed by atoms with E-state index in [0.29, 0.717) is 19.5 Å². The van der Waals surface area contributed by atoms with Gasteiger partial charge < -0.3 is 5.73 Å². The molecule has 0 spiro atoms. The Morgan fingerprint density at radius 2 is 2.22 bits per heavy atom. The van der Waals surface area contributed by atoms with Crippen molar-refractivity contribution in [2.75, 3.05) is 23.1 Å². The summed E-state index contributed by atoms with van der Waals surface area (Å²) < 4.78 is 25.1. The highest BCUT2D eigenvalue weighted by atomic mass is 32.2. The SMILES string of the molecule is NCCC=Cc1cccc(N2CCCS2(=O)=O)c1. The Balaban J connectivity index is 2.22. The Morgan fingerprint density at radius 1 is 1.39 bits per heavy atom. The summed E-state index contributed by atoms with van der Waals surface area (Å²) in [7, 11) is -3.09. The molecule has 98 valence electrons. The van der Waals surface area contributed by atoms with Crippen LogP contribution in [0.2, 0.25) is 0 Å². The monoisotopic (exact) mass is 266 g/mol. The lowest BCUT2D eigenvalue weighted by molar-refractivity contribution is 0.599. The molecule has 0 unspecified atom stereocenters. The van der Waals surface area contributed by atoms with Crippen molar-refractivity contribution in [1.29, 1.82) is 0 Å². The number of sulfonamides is 1. The highest BCUT2D eigenvalue weighted by Gasteiger charge is 2.28. The first-order chi connectivity index (χ1) is 8.63. The highest BCUT2D eigenvalue weighted by Crippen LogP contribution is 2.25. The molecule has 1 aliphatic heterocycles. The number of hydrogen-bond acceptors (Lipinski definition) is 3. The van der Waals surface area contributed by atoms with Gasteiger partial charge in [0.25, 0.3) is 0 Å². The molecule has 18 heavy (non-hydrogen) atoms. The maximum Gasteiger partial charge on any atom is 0.235 e. The van der Waals surface area contributed by atoms with Crippen molar-refractivity contribution in [1.82, 2.24) is 0 Å². The van der Waals surface area contributed by atoms with Gasteiger partial charge in [-0.3, -0.25) is 4.31 Å². The van der Waals surface area contributed by atoms with E-state index in [1.54, 1.807) is 0 Å². The smallest absolute Gasteiger partial charge is 0.235 e. The zero-order chi connectivity index (χ0) is 13.0. The average molecular weight is 266 g/mol. The Bertz CT molecular complexity index is 538. The van der Waals surface area contributed by atoms with E-state index in [9.17, 15) is 8.42 Å². The number of hydrogen-bond donors (Lipinski definition) is 1. The molecule has 1 fully saturated rings. The zero-order valence-corrected chi connectivity index (χ0v) is 11.1. The number of nitrogens with zero attached hydrogens (tertiary/aromatic N) is 1. The number of anilines is 1. The van der Waals surface area contributed by atoms with Crippen molar-refractivity contribution >= 4 is 21.8 Å². The van der Waals surface area contributed by atoms with Crippen LogP contribution in [0.1, 0.15) is 18.4 Å². The van der Waals surface area contributed by atoms with Gasteiger partial charge in [0, 0.05) is 6.54 Å². The fourth-order valence-electron chi connectivity index (χ4n) is 2.03. The van der Waals surface area contributed by atoms with E-state index in [0.717, 1.165) is 17.7 Å². The van der Waals surface area contributed by atoms with E-state index in [1.165, 1.54) is 4.31 Å². The van der Waals surface area contributed by atoms with E-state index in [-0.39, 0.29) is 5.75 Å². The molecule has 1 saturated heterocycles. The maximum atomic E-state index is 11.8. The summed E-state index contributed by atoms with van der Waals surface area (Å²) in [6, 6.07) is 7.57. The van der Waals surface area contributed by atoms with Crippen LogP contribution >= 0.6 is 0 Å². The normalized spacial score (nSPS) is 18.6. The molecular weight excluding hydrogens is 248 g/mol. The van der Waals surface area contributed by atoms with Gasteiger partial charge in [0.2, 0.25) is 10.0 Å². The lowest BCUT2D eigenvalue weighted by Gasteiger charge is -2.17. The van der Waals surface area contributed by atoms with E-state index in [2.05, 4.69) is 0 Å². The third-order valence-corrected chi connectivity index (χ3v) is 4.77. The second-order valence-corrected chi connectivity index (χ2v) is 6.33. The van der Waals surface area contributed by atoms with E-state index >= 15 is 0 Å². The minimum absolute atomic E-state index is 0.250. The second-order valence-electron chi connectivity index (χ2n) is 4.32. The van der Waals surface area contributed by atoms with Crippen LogP contribution in [0.25, 0.3) is 6.08 Å². The van der Waals surface area contributed by atoms with Gasteiger partial charge in [0.1, 0.15) is 0 Å². The van der Waals surface area contributed by atoms with Crippen molar-refractivity contribution in [2.24, 2.45) is 5.73 Å². The molecule has 1 heterocycles. The first-order valence-corrected chi connectivity index (χ1v) is 7.71. The Morgan fingerprint density at radius 3 is 2.89 bits per heavy atom. The minimum Gasteiger partial charge on any atom is -0.330 e. The fourth-order valence-corrected chi connectivity index (χ4v) is 3.59. The van der Waals surface area contributed by atoms with Crippen LogP contribution in [-0.2, 0) is 10.0 Å². The summed E-state index contributed by atoms with van der Waals surface area (Å²) in [5, 5.41) is 0. The van der Waals surface area contributed by atoms with E-state index in [4.69, 9.17) is 5.73 Å². The Labute approximate surface area is 108 Å². The minimum atomic E-state index is -3.09. The van der Waals surface area contributed by atoms with Crippen LogP contribution < -0.4 is 10.0 Å². The van der Waals surface area contributed by atoms with Crippen molar-refractivity contribution in [3.63, 3.8) is 0 Å². The van der Waals surface area contributed by atoms with Crippen LogP contribution in [0.3, 0.4) is 0 Å². The molecule has 2 rings (SSSR count). The second kappa shape index (κ2) is 5.54. The highest BCUT2D eigenvalue weighted by molar-refractivity contribution is 7.93. The lowest BCUT2D eigenvalue weighted by Crippen LogP contribution is -2.24. The van der Waals surface area contributed by atoms with Gasteiger partial charge in [-0.15, -0.1) is 0 Å². The predicted octanol–water partition coefficient (Wildman–Crippen LogP) is 1.59. The molecule has 5 heteroatoms. The first kappa shape index (κ1) is 13.1. The van der Waals surface area contributed by atoms with Crippen LogP contribution in [0.15, 0.2) is 30.3 Å². The third-order valence-electron chi connectivity index (χ3n) is 2.90. The number of nitrogens with two attached hydrogens (primary N) is 1. The summed E-state index contributed by atoms with van der Waals surface area (Å²) in [6.45, 7) is 1.20. The topological polar surface area (TPSA) is 63.4 Å². The molecule has 1 aromatic rings. The van der Waals surface area contributed by atoms with E-state index < -0.39 is 10.0 Å². The molecular formula is C13H18N2O2S. The van der Waals surface area contributed by atoms with Gasteiger partial charge in [-0.2, -0.15) is 0 Å². The van der Waals surface area contributed by atoms with Gasteiger partial charge in [-0.05, 0) is 37.1 Å². The number of rotatable bonds is 4. The first-order valence-electron chi connectivity index (χ1n) is 6.10. The molecule has 1 aromatic carbocycles. The summed E-state index contributed by atoms with van der Waals surface area (Å²) in [5.41, 5.74) is 7.17. The molecule has 1 aliphatic rings. The maximum absolute atomic E-state index is 11.8. The lowest BCUT2D eigenvalue weighted by atomic mass is 10.1. The van der Waals surface area contributed by atoms with Crippen molar-refractivity contribution < 1.29 is 8.42 Å². The van der Waals surface area contributed by atoms with Crippen molar-refractivity contribution in [3.8, 4) is 0 Å². The van der Waals surface area contributed by atoms with Gasteiger partial charge in [0.05, 0.1) is 11.4 Å². The zero-order valence-electron chi connectivity index (χ0n) is 10.2. The summed E-state index contributed by atoms with van der Waals surface area (Å²) in [5.74, 6) is 0.250. The molecule has 0 bridgehead atoms. The van der Waals surface area contributed by atoms with E-state index in [1.807, 2.05) is 36.4 Å². The molecule has 0 radical (unpaired) electrons. The Kier molecular flexibility index (Phi) is 4.04. The summed E-state index contributed by atoms with van der Waals surface area (Å²) in [6.07, 6.45) is 5.50. The quantitative estimate of drug-likeness (QED) is 0.900.